The molecule has 0 aliphatic rings. The summed E-state index contributed by atoms with van der Waals surface area (Å²) in [5.41, 5.74) is 0.517. The maximum absolute atomic E-state index is 12.6. The molecule has 140 valence electrons. The summed E-state index contributed by atoms with van der Waals surface area (Å²) in [5.74, 6) is -0.382. The van der Waals surface area contributed by atoms with Crippen LogP contribution in [0.4, 0.5) is 13.2 Å². The number of hydrogen-bond acceptors (Lipinski definition) is 3. The number of hydrogen-bond donors (Lipinski definition) is 1. The molecule has 0 spiro atoms. The number of nitrogens with one attached hydrogen (secondary N) is 1. The second-order valence-corrected chi connectivity index (χ2v) is 6.25. The lowest BCUT2D eigenvalue weighted by molar-refractivity contribution is -0.141. The van der Waals surface area contributed by atoms with Crippen molar-refractivity contribution in [3.05, 3.63) is 75.8 Å². The van der Waals surface area contributed by atoms with Gasteiger partial charge >= 0.3 is 6.18 Å². The van der Waals surface area contributed by atoms with Crippen LogP contribution in [-0.4, -0.2) is 20.7 Å². The first-order valence-electron chi connectivity index (χ1n) is 7.55. The van der Waals surface area contributed by atoms with Gasteiger partial charge in [-0.1, -0.05) is 35.3 Å². The number of carbonyl (C=O) groups excluding carboxylic acids is 1. The average Bonchev–Trinajstić information content (AvgIpc) is 3.13. The first-order valence-corrected chi connectivity index (χ1v) is 8.31. The fraction of sp³-hybridized carbons (Fsp3) is 0.118. The topological polar surface area (TPSA) is 59.8 Å². The molecule has 0 atom stereocenters. The van der Waals surface area contributed by atoms with Crippen LogP contribution in [0.5, 0.6) is 0 Å². The van der Waals surface area contributed by atoms with E-state index < -0.39 is 11.9 Å². The van der Waals surface area contributed by atoms with Gasteiger partial charge in [0, 0.05) is 18.9 Å². The van der Waals surface area contributed by atoms with E-state index in [0.717, 1.165) is 16.3 Å². The molecule has 27 heavy (non-hydrogen) atoms. The third-order valence-electron chi connectivity index (χ3n) is 3.59. The van der Waals surface area contributed by atoms with Gasteiger partial charge in [-0.3, -0.25) is 4.79 Å². The highest BCUT2D eigenvalue weighted by atomic mass is 35.5. The molecule has 0 saturated carbocycles. The van der Waals surface area contributed by atoms with Crippen molar-refractivity contribution in [2.75, 3.05) is 0 Å². The van der Waals surface area contributed by atoms with E-state index in [9.17, 15) is 18.0 Å². The van der Waals surface area contributed by atoms with Crippen molar-refractivity contribution in [1.29, 1.82) is 0 Å². The molecule has 3 rings (SSSR count). The maximum Gasteiger partial charge on any atom is 0.435 e. The lowest BCUT2D eigenvalue weighted by Gasteiger charge is -2.07. The summed E-state index contributed by atoms with van der Waals surface area (Å²) in [6.45, 7) is 0.215. The van der Waals surface area contributed by atoms with Gasteiger partial charge in [-0.05, 0) is 29.8 Å². The highest BCUT2D eigenvalue weighted by molar-refractivity contribution is 6.41. The van der Waals surface area contributed by atoms with E-state index in [-0.39, 0.29) is 28.2 Å². The monoisotopic (exact) mass is 414 g/mol. The van der Waals surface area contributed by atoms with Gasteiger partial charge in [0.1, 0.15) is 5.15 Å². The van der Waals surface area contributed by atoms with Crippen LogP contribution in [-0.2, 0) is 12.7 Å². The van der Waals surface area contributed by atoms with Crippen molar-refractivity contribution in [3.8, 4) is 5.69 Å². The van der Waals surface area contributed by atoms with Crippen LogP contribution in [0.15, 0.2) is 48.8 Å². The van der Waals surface area contributed by atoms with Crippen LogP contribution in [0, 0.1) is 0 Å². The molecule has 2 aromatic heterocycles. The zero-order valence-electron chi connectivity index (χ0n) is 13.5. The van der Waals surface area contributed by atoms with E-state index in [1.54, 1.807) is 24.3 Å². The molecule has 1 aromatic carbocycles. The van der Waals surface area contributed by atoms with E-state index in [1.165, 1.54) is 18.5 Å². The summed E-state index contributed by atoms with van der Waals surface area (Å²) >= 11 is 11.5. The molecular weight excluding hydrogens is 404 g/mol. The molecule has 5 nitrogen and oxygen atoms in total. The third kappa shape index (κ3) is 4.58. The van der Waals surface area contributed by atoms with Gasteiger partial charge in [0.2, 0.25) is 0 Å². The molecule has 0 bridgehead atoms. The third-order valence-corrected chi connectivity index (χ3v) is 4.28. The highest BCUT2D eigenvalue weighted by Gasteiger charge is 2.33. The molecule has 0 saturated heterocycles. The molecule has 0 fully saturated rings. The summed E-state index contributed by atoms with van der Waals surface area (Å²) in [4.78, 5) is 15.9. The summed E-state index contributed by atoms with van der Waals surface area (Å²) in [6, 6.07) is 8.88. The van der Waals surface area contributed by atoms with Crippen LogP contribution in [0.1, 0.15) is 21.6 Å². The van der Waals surface area contributed by atoms with Crippen molar-refractivity contribution < 1.29 is 18.0 Å². The second-order valence-electron chi connectivity index (χ2n) is 5.49. The van der Waals surface area contributed by atoms with E-state index in [2.05, 4.69) is 15.4 Å². The average molecular weight is 415 g/mol. The van der Waals surface area contributed by atoms with Crippen LogP contribution >= 0.6 is 23.2 Å². The molecule has 1 amide bonds. The Bertz CT molecular complexity index is 971. The van der Waals surface area contributed by atoms with Gasteiger partial charge in [-0.15, -0.1) is 0 Å². The number of benzene rings is 1. The van der Waals surface area contributed by atoms with Crippen molar-refractivity contribution in [1.82, 2.24) is 20.1 Å². The molecule has 0 unspecified atom stereocenters. The Morgan fingerprint density at radius 1 is 1.15 bits per heavy atom. The van der Waals surface area contributed by atoms with Crippen LogP contribution < -0.4 is 5.32 Å². The normalized spacial score (nSPS) is 11.4. The second kappa shape index (κ2) is 7.58. The molecular formula is C17H11Cl2F3N4O. The number of halogens is 5. The van der Waals surface area contributed by atoms with Crippen LogP contribution in [0.2, 0.25) is 10.2 Å². The number of aromatic nitrogens is 3. The van der Waals surface area contributed by atoms with E-state index in [0.29, 0.717) is 5.69 Å². The van der Waals surface area contributed by atoms with Crippen molar-refractivity contribution in [3.63, 3.8) is 0 Å². The smallest absolute Gasteiger partial charge is 0.348 e. The number of carbonyl (C=O) groups is 1. The Morgan fingerprint density at radius 2 is 1.85 bits per heavy atom. The first-order chi connectivity index (χ1) is 12.7. The van der Waals surface area contributed by atoms with E-state index >= 15 is 0 Å². The van der Waals surface area contributed by atoms with Gasteiger partial charge in [0.15, 0.2) is 5.69 Å². The zero-order chi connectivity index (χ0) is 19.6. The number of rotatable bonds is 4. The molecule has 3 aromatic rings. The van der Waals surface area contributed by atoms with Crippen molar-refractivity contribution in [2.45, 2.75) is 12.7 Å². The minimum Gasteiger partial charge on any atom is -0.348 e. The molecule has 0 aliphatic carbocycles. The van der Waals surface area contributed by atoms with Crippen molar-refractivity contribution in [2.24, 2.45) is 0 Å². The number of alkyl halides is 3. The van der Waals surface area contributed by atoms with Crippen LogP contribution in [0.3, 0.4) is 0 Å². The largest absolute Gasteiger partial charge is 0.435 e. The van der Waals surface area contributed by atoms with Gasteiger partial charge in [0.05, 0.1) is 16.3 Å². The number of amides is 1. The Morgan fingerprint density at radius 3 is 2.44 bits per heavy atom. The lowest BCUT2D eigenvalue weighted by Crippen LogP contribution is -2.23. The van der Waals surface area contributed by atoms with E-state index in [1.807, 2.05) is 0 Å². The van der Waals surface area contributed by atoms with Gasteiger partial charge in [0.25, 0.3) is 5.91 Å². The van der Waals surface area contributed by atoms with Gasteiger partial charge in [-0.2, -0.15) is 18.3 Å². The van der Waals surface area contributed by atoms with Gasteiger partial charge in [-0.25, -0.2) is 9.67 Å². The summed E-state index contributed by atoms with van der Waals surface area (Å²) in [6.07, 6.45) is -1.95. The summed E-state index contributed by atoms with van der Waals surface area (Å²) in [7, 11) is 0. The Balaban J connectivity index is 1.64. The summed E-state index contributed by atoms with van der Waals surface area (Å²) in [5, 5.41) is 6.48. The molecule has 2 heterocycles. The molecule has 0 aliphatic heterocycles. The van der Waals surface area contributed by atoms with Crippen molar-refractivity contribution >= 4 is 29.1 Å². The first kappa shape index (κ1) is 19.2. The minimum absolute atomic E-state index is 0.108. The molecule has 1 N–H and O–H groups in total. The number of pyridine rings is 1. The quantitative estimate of drug-likeness (QED) is 0.638. The fourth-order valence-corrected chi connectivity index (χ4v) is 2.48. The van der Waals surface area contributed by atoms with E-state index in [4.69, 9.17) is 23.2 Å². The molecule has 10 heteroatoms. The summed E-state index contributed by atoms with van der Waals surface area (Å²) < 4.78 is 39.0. The maximum atomic E-state index is 12.6. The Hall–Kier alpha value is -2.58. The Labute approximate surface area is 161 Å². The standard InChI is InChI=1S/C17H11Cl2F3N4O/c18-13-7-11(9-23-15(13)19)16(27)24-8-10-1-3-12(4-2-10)26-6-5-14(25-26)17(20,21)22/h1-7,9H,8H2,(H,24,27). The lowest BCUT2D eigenvalue weighted by atomic mass is 10.2. The zero-order valence-corrected chi connectivity index (χ0v) is 15.0. The minimum atomic E-state index is -4.49. The predicted molar refractivity (Wildman–Crippen MR) is 94.0 cm³/mol. The van der Waals surface area contributed by atoms with Gasteiger partial charge < -0.3 is 5.32 Å². The fourth-order valence-electron chi connectivity index (χ4n) is 2.22. The number of nitrogens with zero attached hydrogens (tertiary/aromatic N) is 3. The molecule has 0 radical (unpaired) electrons. The Kier molecular flexibility index (Phi) is 5.38. The highest BCUT2D eigenvalue weighted by Crippen LogP contribution is 2.27. The predicted octanol–water partition coefficient (Wildman–Crippen LogP) is 4.52. The SMILES string of the molecule is O=C(NCc1ccc(-n2ccc(C(F)(F)F)n2)cc1)c1cnc(Cl)c(Cl)c1. The van der Waals surface area contributed by atoms with Crippen LogP contribution in [0.25, 0.3) is 5.69 Å².